The molecule has 2 atom stereocenters. The summed E-state index contributed by atoms with van der Waals surface area (Å²) in [7, 11) is 1.76. The molecule has 0 radical (unpaired) electrons. The van der Waals surface area contributed by atoms with Crippen LogP contribution in [0.2, 0.25) is 0 Å². The second-order valence-electron chi connectivity index (χ2n) is 6.94. The number of hydrogen-bond donors (Lipinski definition) is 1. The van der Waals surface area contributed by atoms with Crippen LogP contribution in [-0.4, -0.2) is 77.4 Å². The van der Waals surface area contributed by atoms with Crippen LogP contribution < -0.4 is 5.32 Å². The van der Waals surface area contributed by atoms with E-state index in [-0.39, 0.29) is 23.9 Å². The minimum atomic E-state index is -0.402. The third-order valence-electron chi connectivity index (χ3n) is 5.16. The normalized spacial score (nSPS) is 27.5. The Hall–Kier alpha value is -1.79. The molecule has 1 N–H and O–H groups in total. The van der Waals surface area contributed by atoms with Crippen molar-refractivity contribution in [2.45, 2.75) is 57.2 Å². The average molecular weight is 322 g/mol. The van der Waals surface area contributed by atoms with Gasteiger partial charge in [0.25, 0.3) is 0 Å². The molecule has 1 saturated carbocycles. The lowest BCUT2D eigenvalue weighted by molar-refractivity contribution is -0.130. The Balaban J connectivity index is 1.58. The first-order valence-corrected chi connectivity index (χ1v) is 8.56. The zero-order chi connectivity index (χ0) is 16.6. The van der Waals surface area contributed by atoms with Crippen molar-refractivity contribution in [2.24, 2.45) is 0 Å². The molecular weight excluding hydrogens is 296 g/mol. The summed E-state index contributed by atoms with van der Waals surface area (Å²) in [6, 6.07) is -0.140. The molecule has 2 aliphatic heterocycles. The maximum atomic E-state index is 12.5. The Morgan fingerprint density at radius 3 is 2.52 bits per heavy atom. The van der Waals surface area contributed by atoms with Crippen LogP contribution in [-0.2, 0) is 9.59 Å². The Bertz CT molecular complexity index is 506. The van der Waals surface area contributed by atoms with Gasteiger partial charge in [-0.2, -0.15) is 0 Å². The van der Waals surface area contributed by atoms with Crippen molar-refractivity contribution in [3.05, 3.63) is 0 Å². The van der Waals surface area contributed by atoms with Gasteiger partial charge in [-0.3, -0.25) is 9.59 Å². The molecule has 7 heteroatoms. The highest BCUT2D eigenvalue weighted by molar-refractivity contribution is 5.88. The molecule has 23 heavy (non-hydrogen) atoms. The Labute approximate surface area is 137 Å². The van der Waals surface area contributed by atoms with E-state index in [4.69, 9.17) is 0 Å². The van der Waals surface area contributed by atoms with Crippen LogP contribution in [0.4, 0.5) is 4.79 Å². The van der Waals surface area contributed by atoms with Crippen molar-refractivity contribution in [1.29, 1.82) is 0 Å². The summed E-state index contributed by atoms with van der Waals surface area (Å²) in [5.41, 5.74) is 0. The van der Waals surface area contributed by atoms with Crippen molar-refractivity contribution in [1.82, 2.24) is 20.0 Å². The number of rotatable bonds is 4. The molecule has 2 saturated heterocycles. The molecule has 0 aromatic heterocycles. The van der Waals surface area contributed by atoms with Gasteiger partial charge in [0.15, 0.2) is 0 Å². The van der Waals surface area contributed by atoms with Crippen LogP contribution in [0.25, 0.3) is 0 Å². The molecule has 1 aliphatic carbocycles. The lowest BCUT2D eigenvalue weighted by Crippen LogP contribution is -2.52. The second kappa shape index (κ2) is 6.37. The molecule has 0 unspecified atom stereocenters. The SMILES string of the molecule is CC(=O)N(C[C@H]1CCCN1C(=O)N[C@H]1CCN(C)C1=O)C1CC1. The van der Waals surface area contributed by atoms with Crippen molar-refractivity contribution in [3.63, 3.8) is 0 Å². The molecule has 7 nitrogen and oxygen atoms in total. The molecule has 128 valence electrons. The summed E-state index contributed by atoms with van der Waals surface area (Å²) in [6.07, 6.45) is 4.68. The molecule has 2 heterocycles. The molecule has 0 bridgehead atoms. The van der Waals surface area contributed by atoms with Crippen LogP contribution in [0.5, 0.6) is 0 Å². The monoisotopic (exact) mass is 322 g/mol. The quantitative estimate of drug-likeness (QED) is 0.814. The van der Waals surface area contributed by atoms with Gasteiger partial charge in [0.1, 0.15) is 6.04 Å². The van der Waals surface area contributed by atoms with E-state index in [1.807, 2.05) is 9.80 Å². The fourth-order valence-electron chi connectivity index (χ4n) is 3.63. The predicted molar refractivity (Wildman–Crippen MR) is 84.7 cm³/mol. The maximum Gasteiger partial charge on any atom is 0.318 e. The largest absolute Gasteiger partial charge is 0.344 e. The van der Waals surface area contributed by atoms with Crippen molar-refractivity contribution in [2.75, 3.05) is 26.7 Å². The molecule has 0 aromatic carbocycles. The smallest absolute Gasteiger partial charge is 0.318 e. The summed E-state index contributed by atoms with van der Waals surface area (Å²) < 4.78 is 0. The van der Waals surface area contributed by atoms with Crippen LogP contribution >= 0.6 is 0 Å². The zero-order valence-electron chi connectivity index (χ0n) is 14.0. The fraction of sp³-hybridized carbons (Fsp3) is 0.812. The highest BCUT2D eigenvalue weighted by atomic mass is 16.2. The summed E-state index contributed by atoms with van der Waals surface area (Å²) in [4.78, 5) is 41.7. The van der Waals surface area contributed by atoms with Crippen LogP contribution in [0.1, 0.15) is 39.0 Å². The molecule has 3 fully saturated rings. The van der Waals surface area contributed by atoms with E-state index < -0.39 is 6.04 Å². The van der Waals surface area contributed by atoms with E-state index >= 15 is 0 Å². The Kier molecular flexibility index (Phi) is 4.46. The fourth-order valence-corrected chi connectivity index (χ4v) is 3.63. The molecule has 4 amide bonds. The third-order valence-corrected chi connectivity index (χ3v) is 5.16. The highest BCUT2D eigenvalue weighted by Crippen LogP contribution is 2.29. The number of nitrogens with one attached hydrogen (secondary N) is 1. The topological polar surface area (TPSA) is 73.0 Å². The van der Waals surface area contributed by atoms with Gasteiger partial charge in [-0.15, -0.1) is 0 Å². The Morgan fingerprint density at radius 1 is 1.22 bits per heavy atom. The van der Waals surface area contributed by atoms with Gasteiger partial charge >= 0.3 is 6.03 Å². The van der Waals surface area contributed by atoms with E-state index in [0.29, 0.717) is 32.1 Å². The van der Waals surface area contributed by atoms with Gasteiger partial charge in [0.05, 0.1) is 6.04 Å². The van der Waals surface area contributed by atoms with E-state index in [9.17, 15) is 14.4 Å². The number of amides is 4. The van der Waals surface area contributed by atoms with Gasteiger partial charge in [0, 0.05) is 39.6 Å². The number of urea groups is 1. The number of hydrogen-bond acceptors (Lipinski definition) is 3. The van der Waals surface area contributed by atoms with Crippen LogP contribution in [0.15, 0.2) is 0 Å². The molecule has 0 spiro atoms. The molecule has 3 rings (SSSR count). The number of nitrogens with zero attached hydrogens (tertiary/aromatic N) is 3. The molecule has 0 aromatic rings. The summed E-state index contributed by atoms with van der Waals surface area (Å²) in [6.45, 7) is 3.60. The van der Waals surface area contributed by atoms with E-state index in [1.165, 1.54) is 0 Å². The number of carbonyl (C=O) groups is 3. The van der Waals surface area contributed by atoms with Gasteiger partial charge in [0.2, 0.25) is 11.8 Å². The average Bonchev–Trinajstić information content (AvgIpc) is 3.16. The minimum absolute atomic E-state index is 0.0163. The highest BCUT2D eigenvalue weighted by Gasteiger charge is 2.38. The van der Waals surface area contributed by atoms with Crippen molar-refractivity contribution < 1.29 is 14.4 Å². The maximum absolute atomic E-state index is 12.5. The van der Waals surface area contributed by atoms with Gasteiger partial charge in [-0.25, -0.2) is 4.79 Å². The first-order valence-electron chi connectivity index (χ1n) is 8.56. The Morgan fingerprint density at radius 2 is 1.96 bits per heavy atom. The number of carbonyl (C=O) groups excluding carboxylic acids is 3. The summed E-state index contributed by atoms with van der Waals surface area (Å²) >= 11 is 0. The summed E-state index contributed by atoms with van der Waals surface area (Å²) in [5, 5.41) is 2.87. The standard InChI is InChI=1S/C16H26N4O3/c1-11(21)20(12-5-6-12)10-13-4-3-8-19(13)16(23)17-14-7-9-18(2)15(14)22/h12-14H,3-10H2,1-2H3,(H,17,23)/t13-,14+/m1/s1. The lowest BCUT2D eigenvalue weighted by Gasteiger charge is -2.31. The third kappa shape index (κ3) is 3.43. The van der Waals surface area contributed by atoms with Gasteiger partial charge in [-0.05, 0) is 32.1 Å². The molecular formula is C16H26N4O3. The van der Waals surface area contributed by atoms with E-state index in [1.54, 1.807) is 18.9 Å². The zero-order valence-corrected chi connectivity index (χ0v) is 14.0. The minimum Gasteiger partial charge on any atom is -0.344 e. The van der Waals surface area contributed by atoms with Gasteiger partial charge < -0.3 is 20.0 Å². The molecule has 3 aliphatic rings. The van der Waals surface area contributed by atoms with Crippen molar-refractivity contribution >= 4 is 17.8 Å². The van der Waals surface area contributed by atoms with E-state index in [0.717, 1.165) is 25.7 Å². The van der Waals surface area contributed by atoms with Crippen LogP contribution in [0, 0.1) is 0 Å². The number of likely N-dealkylation sites (N-methyl/N-ethyl adjacent to an activating group) is 1. The van der Waals surface area contributed by atoms with E-state index in [2.05, 4.69) is 5.32 Å². The van der Waals surface area contributed by atoms with Crippen LogP contribution in [0.3, 0.4) is 0 Å². The first-order chi connectivity index (χ1) is 11.0. The summed E-state index contributed by atoms with van der Waals surface area (Å²) in [5.74, 6) is 0.0739. The lowest BCUT2D eigenvalue weighted by atomic mass is 10.2. The van der Waals surface area contributed by atoms with Crippen molar-refractivity contribution in [3.8, 4) is 0 Å². The first kappa shape index (κ1) is 16.1. The van der Waals surface area contributed by atoms with Gasteiger partial charge in [-0.1, -0.05) is 0 Å². The predicted octanol–water partition coefficient (Wildman–Crippen LogP) is 0.402. The second-order valence-corrected chi connectivity index (χ2v) is 6.94. The number of likely N-dealkylation sites (tertiary alicyclic amines) is 2.